The van der Waals surface area contributed by atoms with E-state index in [1.807, 2.05) is 24.3 Å². The molecule has 0 aromatic heterocycles. The van der Waals surface area contributed by atoms with Crippen LogP contribution in [0.3, 0.4) is 0 Å². The highest BCUT2D eigenvalue weighted by Crippen LogP contribution is 2.22. The molecule has 0 heterocycles. The lowest BCUT2D eigenvalue weighted by Crippen LogP contribution is -2.31. The standard InChI is InChI=1S/C13H21NO2S2/c1-13(2,3)18(15,16)9-8-17-12-6-4-11(10-14)5-7-12/h4-7H,8-10,14H2,1-3H3. The highest BCUT2D eigenvalue weighted by molar-refractivity contribution is 8.01. The zero-order valence-electron chi connectivity index (χ0n) is 11.1. The molecule has 18 heavy (non-hydrogen) atoms. The van der Waals surface area contributed by atoms with Crippen molar-refractivity contribution in [1.82, 2.24) is 0 Å². The van der Waals surface area contributed by atoms with Crippen molar-refractivity contribution in [2.24, 2.45) is 5.73 Å². The fourth-order valence-corrected chi connectivity index (χ4v) is 3.68. The number of nitrogens with two attached hydrogens (primary N) is 1. The Labute approximate surface area is 114 Å². The Morgan fingerprint density at radius 2 is 1.72 bits per heavy atom. The first-order chi connectivity index (χ1) is 8.26. The van der Waals surface area contributed by atoms with Gasteiger partial charge in [-0.15, -0.1) is 11.8 Å². The van der Waals surface area contributed by atoms with E-state index in [-0.39, 0.29) is 5.75 Å². The molecule has 0 aliphatic carbocycles. The smallest absolute Gasteiger partial charge is 0.156 e. The summed E-state index contributed by atoms with van der Waals surface area (Å²) in [6.45, 7) is 5.75. The van der Waals surface area contributed by atoms with Crippen LogP contribution in [0.2, 0.25) is 0 Å². The van der Waals surface area contributed by atoms with E-state index >= 15 is 0 Å². The summed E-state index contributed by atoms with van der Waals surface area (Å²) in [7, 11) is -3.02. The van der Waals surface area contributed by atoms with Gasteiger partial charge in [-0.05, 0) is 38.5 Å². The highest BCUT2D eigenvalue weighted by atomic mass is 32.2. The summed E-state index contributed by atoms with van der Waals surface area (Å²) in [5.74, 6) is 0.793. The van der Waals surface area contributed by atoms with Gasteiger partial charge in [0.15, 0.2) is 9.84 Å². The molecule has 1 rings (SSSR count). The van der Waals surface area contributed by atoms with E-state index in [4.69, 9.17) is 5.73 Å². The number of thioether (sulfide) groups is 1. The van der Waals surface area contributed by atoms with Crippen molar-refractivity contribution >= 4 is 21.6 Å². The van der Waals surface area contributed by atoms with Crippen LogP contribution in [-0.2, 0) is 16.4 Å². The number of rotatable bonds is 5. The number of benzene rings is 1. The minimum atomic E-state index is -3.02. The van der Waals surface area contributed by atoms with Gasteiger partial charge in [0.2, 0.25) is 0 Å². The van der Waals surface area contributed by atoms with Gasteiger partial charge in [-0.25, -0.2) is 8.42 Å². The lowest BCUT2D eigenvalue weighted by Gasteiger charge is -2.18. The van der Waals surface area contributed by atoms with Crippen LogP contribution < -0.4 is 5.73 Å². The molecule has 0 unspecified atom stereocenters. The molecule has 0 saturated carbocycles. The third-order valence-electron chi connectivity index (χ3n) is 2.71. The Balaban J connectivity index is 2.52. The molecule has 0 bridgehead atoms. The maximum Gasteiger partial charge on any atom is 0.156 e. The monoisotopic (exact) mass is 287 g/mol. The summed E-state index contributed by atoms with van der Waals surface area (Å²) in [4.78, 5) is 1.08. The Kier molecular flexibility index (Phi) is 5.25. The molecule has 0 saturated heterocycles. The second-order valence-electron chi connectivity index (χ2n) is 5.13. The lowest BCUT2D eigenvalue weighted by atomic mass is 10.2. The van der Waals surface area contributed by atoms with Crippen molar-refractivity contribution < 1.29 is 8.42 Å². The Morgan fingerprint density at radius 1 is 1.17 bits per heavy atom. The minimum absolute atomic E-state index is 0.208. The van der Waals surface area contributed by atoms with E-state index in [1.54, 1.807) is 32.5 Å². The first-order valence-corrected chi connectivity index (χ1v) is 8.54. The van der Waals surface area contributed by atoms with Crippen LogP contribution in [0.1, 0.15) is 26.3 Å². The molecule has 0 spiro atoms. The summed E-state index contributed by atoms with van der Waals surface area (Å²) in [5, 5.41) is 0. The maximum absolute atomic E-state index is 11.9. The van der Waals surface area contributed by atoms with Gasteiger partial charge in [0, 0.05) is 17.2 Å². The van der Waals surface area contributed by atoms with Crippen molar-refractivity contribution in [3.63, 3.8) is 0 Å². The molecular weight excluding hydrogens is 266 g/mol. The number of hydrogen-bond donors (Lipinski definition) is 1. The minimum Gasteiger partial charge on any atom is -0.326 e. The highest BCUT2D eigenvalue weighted by Gasteiger charge is 2.28. The van der Waals surface area contributed by atoms with Crippen LogP contribution in [0, 0.1) is 0 Å². The normalized spacial score (nSPS) is 12.7. The maximum atomic E-state index is 11.9. The van der Waals surface area contributed by atoms with Crippen molar-refractivity contribution in [1.29, 1.82) is 0 Å². The van der Waals surface area contributed by atoms with Gasteiger partial charge >= 0.3 is 0 Å². The predicted molar refractivity (Wildman–Crippen MR) is 78.6 cm³/mol. The third kappa shape index (κ3) is 4.30. The average molecular weight is 287 g/mol. The molecule has 1 aromatic carbocycles. The molecule has 3 nitrogen and oxygen atoms in total. The largest absolute Gasteiger partial charge is 0.326 e. The van der Waals surface area contributed by atoms with Crippen LogP contribution >= 0.6 is 11.8 Å². The van der Waals surface area contributed by atoms with Crippen LogP contribution in [0.25, 0.3) is 0 Å². The molecular formula is C13H21NO2S2. The Bertz CT molecular complexity index is 473. The van der Waals surface area contributed by atoms with Crippen LogP contribution in [0.4, 0.5) is 0 Å². The molecule has 1 aromatic rings. The van der Waals surface area contributed by atoms with E-state index in [9.17, 15) is 8.42 Å². The molecule has 0 atom stereocenters. The van der Waals surface area contributed by atoms with Crippen LogP contribution in [0.5, 0.6) is 0 Å². The predicted octanol–water partition coefficient (Wildman–Crippen LogP) is 2.45. The zero-order chi connectivity index (χ0) is 13.8. The number of sulfone groups is 1. The fourth-order valence-electron chi connectivity index (χ4n) is 1.30. The van der Waals surface area contributed by atoms with Gasteiger partial charge in [0.1, 0.15) is 0 Å². The first-order valence-electron chi connectivity index (χ1n) is 5.90. The van der Waals surface area contributed by atoms with Gasteiger partial charge in [0.25, 0.3) is 0 Å². The summed E-state index contributed by atoms with van der Waals surface area (Å²) < 4.78 is 23.2. The Morgan fingerprint density at radius 3 is 2.17 bits per heavy atom. The first kappa shape index (κ1) is 15.5. The quantitative estimate of drug-likeness (QED) is 0.845. The molecule has 2 N–H and O–H groups in total. The molecule has 5 heteroatoms. The summed E-state index contributed by atoms with van der Waals surface area (Å²) in [5.41, 5.74) is 6.60. The van der Waals surface area contributed by atoms with Crippen molar-refractivity contribution in [3.8, 4) is 0 Å². The van der Waals surface area contributed by atoms with Crippen molar-refractivity contribution in [2.45, 2.75) is 37.0 Å². The third-order valence-corrected chi connectivity index (χ3v) is 6.59. The van der Waals surface area contributed by atoms with Gasteiger partial charge in [0.05, 0.1) is 10.5 Å². The topological polar surface area (TPSA) is 60.2 Å². The molecule has 102 valence electrons. The summed E-state index contributed by atoms with van der Waals surface area (Å²) in [6, 6.07) is 7.91. The summed E-state index contributed by atoms with van der Waals surface area (Å²) >= 11 is 1.56. The van der Waals surface area contributed by atoms with E-state index in [0.717, 1.165) is 10.5 Å². The van der Waals surface area contributed by atoms with Crippen molar-refractivity contribution in [3.05, 3.63) is 29.8 Å². The van der Waals surface area contributed by atoms with E-state index in [1.165, 1.54) is 0 Å². The molecule has 0 fully saturated rings. The SMILES string of the molecule is CC(C)(C)S(=O)(=O)CCSc1ccc(CN)cc1. The number of hydrogen-bond acceptors (Lipinski definition) is 4. The summed E-state index contributed by atoms with van der Waals surface area (Å²) in [6.07, 6.45) is 0. The lowest BCUT2D eigenvalue weighted by molar-refractivity contribution is 0.562. The van der Waals surface area contributed by atoms with Gasteiger partial charge in [-0.3, -0.25) is 0 Å². The van der Waals surface area contributed by atoms with Gasteiger partial charge in [-0.1, -0.05) is 12.1 Å². The second-order valence-corrected chi connectivity index (χ2v) is 9.16. The Hall–Kier alpha value is -0.520. The second kappa shape index (κ2) is 6.08. The van der Waals surface area contributed by atoms with E-state index in [2.05, 4.69) is 0 Å². The molecule has 0 aliphatic rings. The van der Waals surface area contributed by atoms with Crippen LogP contribution in [-0.4, -0.2) is 24.7 Å². The van der Waals surface area contributed by atoms with Gasteiger partial charge < -0.3 is 5.73 Å². The average Bonchev–Trinajstić information content (AvgIpc) is 2.28. The van der Waals surface area contributed by atoms with E-state index < -0.39 is 14.6 Å². The van der Waals surface area contributed by atoms with Crippen molar-refractivity contribution in [2.75, 3.05) is 11.5 Å². The van der Waals surface area contributed by atoms with E-state index in [0.29, 0.717) is 12.3 Å². The van der Waals surface area contributed by atoms with Gasteiger partial charge in [-0.2, -0.15) is 0 Å². The zero-order valence-corrected chi connectivity index (χ0v) is 12.8. The molecule has 0 amide bonds. The fraction of sp³-hybridized carbons (Fsp3) is 0.538. The van der Waals surface area contributed by atoms with Crippen LogP contribution in [0.15, 0.2) is 29.2 Å². The molecule has 0 aliphatic heterocycles. The molecule has 0 radical (unpaired) electrons.